The Labute approximate surface area is 196 Å². The first-order valence-electron chi connectivity index (χ1n) is 12.4. The lowest BCUT2D eigenvalue weighted by Gasteiger charge is -2.32. The van der Waals surface area contributed by atoms with Crippen molar-refractivity contribution in [2.45, 2.75) is 39.2 Å². The van der Waals surface area contributed by atoms with Crippen molar-refractivity contribution in [3.8, 4) is 0 Å². The molecule has 6 heteroatoms. The maximum atomic E-state index is 12.7. The highest BCUT2D eigenvalue weighted by atomic mass is 16.1. The predicted molar refractivity (Wildman–Crippen MR) is 134 cm³/mol. The minimum absolute atomic E-state index is 0.106. The van der Waals surface area contributed by atoms with Gasteiger partial charge in [0.15, 0.2) is 0 Å². The molecule has 2 aliphatic rings. The van der Waals surface area contributed by atoms with Gasteiger partial charge in [0.2, 0.25) is 11.9 Å². The fraction of sp³-hybridized carbons (Fsp3) is 0.481. The Morgan fingerprint density at radius 1 is 1.00 bits per heavy atom. The summed E-state index contributed by atoms with van der Waals surface area (Å²) in [5.41, 5.74) is 4.74. The van der Waals surface area contributed by atoms with Crippen LogP contribution in [0.15, 0.2) is 48.5 Å². The summed E-state index contributed by atoms with van der Waals surface area (Å²) in [6, 6.07) is 17.1. The molecule has 2 aromatic carbocycles. The van der Waals surface area contributed by atoms with Crippen LogP contribution in [0.5, 0.6) is 0 Å². The summed E-state index contributed by atoms with van der Waals surface area (Å²) in [5.74, 6) is 1.35. The van der Waals surface area contributed by atoms with Crippen LogP contribution < -0.4 is 10.2 Å². The highest BCUT2D eigenvalue weighted by molar-refractivity contribution is 5.80. The highest BCUT2D eigenvalue weighted by Crippen LogP contribution is 2.28. The van der Waals surface area contributed by atoms with Crippen LogP contribution in [0.25, 0.3) is 11.0 Å². The molecule has 0 bridgehead atoms. The first kappa shape index (κ1) is 22.0. The van der Waals surface area contributed by atoms with E-state index in [2.05, 4.69) is 69.1 Å². The lowest BCUT2D eigenvalue weighted by atomic mass is 9.96. The Morgan fingerprint density at radius 3 is 2.48 bits per heavy atom. The second-order valence-corrected chi connectivity index (χ2v) is 9.57. The number of fused-ring (bicyclic) bond motifs is 1. The third-order valence-corrected chi connectivity index (χ3v) is 7.17. The van der Waals surface area contributed by atoms with Gasteiger partial charge in [0.25, 0.3) is 0 Å². The van der Waals surface area contributed by atoms with Crippen LogP contribution in [0, 0.1) is 12.8 Å². The number of hydrogen-bond donors (Lipinski definition) is 1. The number of likely N-dealkylation sites (tertiary alicyclic amines) is 1. The van der Waals surface area contributed by atoms with Crippen molar-refractivity contribution in [3.05, 3.63) is 59.7 Å². The standard InChI is InChI=1S/C27H35N5O/c1-21-8-10-22(11-9-21)20-32-25-7-3-2-6-24(25)29-27(32)31-17-12-23(13-18-31)26(33)28-14-19-30-15-4-5-16-30/h2-3,6-11,23H,4-5,12-20H2,1H3,(H,28,33). The number of carbonyl (C=O) groups excluding carboxylic acids is 1. The molecule has 0 atom stereocenters. The molecular formula is C27H35N5O. The van der Waals surface area contributed by atoms with Gasteiger partial charge in [0.05, 0.1) is 17.6 Å². The molecule has 174 valence electrons. The fourth-order valence-electron chi connectivity index (χ4n) is 5.17. The number of imidazole rings is 1. The quantitative estimate of drug-likeness (QED) is 0.601. The molecule has 0 radical (unpaired) electrons. The second-order valence-electron chi connectivity index (χ2n) is 9.57. The molecule has 0 unspecified atom stereocenters. The summed E-state index contributed by atoms with van der Waals surface area (Å²) in [5, 5.41) is 3.18. The molecular weight excluding hydrogens is 410 g/mol. The molecule has 33 heavy (non-hydrogen) atoms. The maximum absolute atomic E-state index is 12.7. The number of aryl methyl sites for hydroxylation is 1. The van der Waals surface area contributed by atoms with Gasteiger partial charge in [-0.25, -0.2) is 4.98 Å². The molecule has 0 aliphatic carbocycles. The average Bonchev–Trinajstić information content (AvgIpc) is 3.49. The van der Waals surface area contributed by atoms with Crippen molar-refractivity contribution in [2.75, 3.05) is 44.2 Å². The number of carbonyl (C=O) groups is 1. The largest absolute Gasteiger partial charge is 0.355 e. The van der Waals surface area contributed by atoms with Crippen molar-refractivity contribution in [2.24, 2.45) is 5.92 Å². The van der Waals surface area contributed by atoms with Crippen LogP contribution in [0.1, 0.15) is 36.8 Å². The van der Waals surface area contributed by atoms with Crippen LogP contribution >= 0.6 is 0 Å². The number of para-hydroxylation sites is 2. The number of anilines is 1. The molecule has 6 nitrogen and oxygen atoms in total. The van der Waals surface area contributed by atoms with Gasteiger partial charge in [-0.2, -0.15) is 0 Å². The number of amides is 1. The fourth-order valence-corrected chi connectivity index (χ4v) is 5.17. The van der Waals surface area contributed by atoms with Gasteiger partial charge < -0.3 is 19.7 Å². The Hall–Kier alpha value is -2.86. The SMILES string of the molecule is Cc1ccc(Cn2c(N3CCC(C(=O)NCCN4CCCC4)CC3)nc3ccccc32)cc1. The van der Waals surface area contributed by atoms with Crippen molar-refractivity contribution < 1.29 is 4.79 Å². The molecule has 1 N–H and O–H groups in total. The van der Waals surface area contributed by atoms with Gasteiger partial charge in [-0.1, -0.05) is 42.0 Å². The van der Waals surface area contributed by atoms with E-state index in [-0.39, 0.29) is 11.8 Å². The first-order valence-corrected chi connectivity index (χ1v) is 12.4. The van der Waals surface area contributed by atoms with Crippen LogP contribution in [0.4, 0.5) is 5.95 Å². The Balaban J connectivity index is 1.24. The van der Waals surface area contributed by atoms with E-state index in [0.29, 0.717) is 0 Å². The van der Waals surface area contributed by atoms with E-state index in [1.54, 1.807) is 0 Å². The van der Waals surface area contributed by atoms with Crippen LogP contribution in [0.3, 0.4) is 0 Å². The van der Waals surface area contributed by atoms with Crippen molar-refractivity contribution in [1.29, 1.82) is 0 Å². The average molecular weight is 446 g/mol. The van der Waals surface area contributed by atoms with Crippen LogP contribution in [-0.4, -0.2) is 59.6 Å². The van der Waals surface area contributed by atoms with Crippen molar-refractivity contribution in [1.82, 2.24) is 19.8 Å². The van der Waals surface area contributed by atoms with E-state index in [9.17, 15) is 4.79 Å². The minimum Gasteiger partial charge on any atom is -0.355 e. The van der Waals surface area contributed by atoms with Gasteiger partial charge in [-0.3, -0.25) is 4.79 Å². The summed E-state index contributed by atoms with van der Waals surface area (Å²) < 4.78 is 2.33. The Bertz CT molecular complexity index is 1080. The van der Waals surface area contributed by atoms with Crippen molar-refractivity contribution in [3.63, 3.8) is 0 Å². The second kappa shape index (κ2) is 9.96. The van der Waals surface area contributed by atoms with E-state index >= 15 is 0 Å². The van der Waals surface area contributed by atoms with Gasteiger partial charge in [-0.05, 0) is 63.4 Å². The zero-order valence-corrected chi connectivity index (χ0v) is 19.7. The minimum atomic E-state index is 0.106. The zero-order chi connectivity index (χ0) is 22.6. The normalized spacial score (nSPS) is 17.7. The van der Waals surface area contributed by atoms with E-state index in [0.717, 1.165) is 62.5 Å². The van der Waals surface area contributed by atoms with Gasteiger partial charge in [0.1, 0.15) is 0 Å². The van der Waals surface area contributed by atoms with E-state index in [1.807, 2.05) is 6.07 Å². The zero-order valence-electron chi connectivity index (χ0n) is 19.7. The number of rotatable bonds is 7. The lowest BCUT2D eigenvalue weighted by molar-refractivity contribution is -0.125. The van der Waals surface area contributed by atoms with Gasteiger partial charge in [0, 0.05) is 32.1 Å². The molecule has 5 rings (SSSR count). The summed E-state index contributed by atoms with van der Waals surface area (Å²) in [6.07, 6.45) is 4.34. The molecule has 1 amide bonds. The maximum Gasteiger partial charge on any atom is 0.223 e. The molecule has 3 aromatic rings. The molecule has 2 saturated heterocycles. The third kappa shape index (κ3) is 5.06. The number of benzene rings is 2. The van der Waals surface area contributed by atoms with E-state index < -0.39 is 0 Å². The Morgan fingerprint density at radius 2 is 1.73 bits per heavy atom. The van der Waals surface area contributed by atoms with E-state index in [4.69, 9.17) is 4.98 Å². The summed E-state index contributed by atoms with van der Waals surface area (Å²) in [4.78, 5) is 22.5. The smallest absolute Gasteiger partial charge is 0.223 e. The molecule has 1 aromatic heterocycles. The number of nitrogens with zero attached hydrogens (tertiary/aromatic N) is 4. The molecule has 3 heterocycles. The van der Waals surface area contributed by atoms with Gasteiger partial charge >= 0.3 is 0 Å². The van der Waals surface area contributed by atoms with Crippen LogP contribution in [-0.2, 0) is 11.3 Å². The predicted octanol–water partition coefficient (Wildman–Crippen LogP) is 3.82. The lowest BCUT2D eigenvalue weighted by Crippen LogP contribution is -2.43. The summed E-state index contributed by atoms with van der Waals surface area (Å²) >= 11 is 0. The molecule has 2 aliphatic heterocycles. The number of hydrogen-bond acceptors (Lipinski definition) is 4. The van der Waals surface area contributed by atoms with Crippen molar-refractivity contribution >= 4 is 22.9 Å². The number of nitrogens with one attached hydrogen (secondary N) is 1. The summed E-state index contributed by atoms with van der Waals surface area (Å²) in [6.45, 7) is 8.75. The highest BCUT2D eigenvalue weighted by Gasteiger charge is 2.27. The number of aromatic nitrogens is 2. The Kier molecular flexibility index (Phi) is 6.63. The van der Waals surface area contributed by atoms with E-state index in [1.165, 1.54) is 37.1 Å². The number of piperidine rings is 1. The molecule has 2 fully saturated rings. The topological polar surface area (TPSA) is 53.4 Å². The van der Waals surface area contributed by atoms with Gasteiger partial charge in [-0.15, -0.1) is 0 Å². The van der Waals surface area contributed by atoms with Crippen LogP contribution in [0.2, 0.25) is 0 Å². The molecule has 0 saturated carbocycles. The summed E-state index contributed by atoms with van der Waals surface area (Å²) in [7, 11) is 0. The molecule has 0 spiro atoms. The third-order valence-electron chi connectivity index (χ3n) is 7.17. The first-order chi connectivity index (χ1) is 16.2. The monoisotopic (exact) mass is 445 g/mol.